The quantitative estimate of drug-likeness (QED) is 0.605. The Kier molecular flexibility index (Phi) is 3.27. The molecule has 0 bridgehead atoms. The van der Waals surface area contributed by atoms with Gasteiger partial charge in [-0.05, 0) is 34.4 Å². The van der Waals surface area contributed by atoms with Gasteiger partial charge in [-0.1, -0.05) is 67.9 Å². The molecule has 0 amide bonds. The number of nitrogens with zero attached hydrogens (tertiary/aromatic N) is 1. The highest BCUT2D eigenvalue weighted by Gasteiger charge is 2.19. The maximum absolute atomic E-state index is 5.03. The van der Waals surface area contributed by atoms with Crippen molar-refractivity contribution in [3.8, 4) is 0 Å². The van der Waals surface area contributed by atoms with Crippen molar-refractivity contribution in [1.29, 1.82) is 0 Å². The molecule has 0 fully saturated rings. The number of para-hydroxylation sites is 1. The van der Waals surface area contributed by atoms with Gasteiger partial charge in [-0.3, -0.25) is 4.99 Å². The second-order valence-electron chi connectivity index (χ2n) is 5.93. The van der Waals surface area contributed by atoms with Crippen LogP contribution in [-0.4, -0.2) is 5.71 Å². The molecule has 1 nitrogen and oxygen atoms in total. The Morgan fingerprint density at radius 3 is 2.59 bits per heavy atom. The summed E-state index contributed by atoms with van der Waals surface area (Å²) in [5.41, 5.74) is 6.39. The lowest BCUT2D eigenvalue weighted by atomic mass is 10.1. The van der Waals surface area contributed by atoms with Gasteiger partial charge in [0.05, 0.1) is 11.4 Å². The molecular weight excluding hydrogens is 266 g/mol. The summed E-state index contributed by atoms with van der Waals surface area (Å²) in [6.07, 6.45) is 3.18. The van der Waals surface area contributed by atoms with E-state index in [4.69, 9.17) is 4.99 Å². The Hall–Kier alpha value is -2.41. The number of benzene rings is 3. The van der Waals surface area contributed by atoms with Crippen molar-refractivity contribution in [2.75, 3.05) is 0 Å². The summed E-state index contributed by atoms with van der Waals surface area (Å²) in [6, 6.07) is 21.6. The van der Waals surface area contributed by atoms with Crippen molar-refractivity contribution in [3.63, 3.8) is 0 Å². The first kappa shape index (κ1) is 13.3. The predicted octanol–water partition coefficient (Wildman–Crippen LogP) is 5.47. The van der Waals surface area contributed by atoms with Crippen LogP contribution in [0.15, 0.2) is 65.7 Å². The van der Waals surface area contributed by atoms with Gasteiger partial charge in [0, 0.05) is 12.0 Å². The number of aryl methyl sites for hydroxylation is 1. The van der Waals surface area contributed by atoms with E-state index in [2.05, 4.69) is 67.6 Å². The topological polar surface area (TPSA) is 12.4 Å². The Balaban J connectivity index is 1.85. The third-order valence-corrected chi connectivity index (χ3v) is 4.43. The second-order valence-corrected chi connectivity index (χ2v) is 5.93. The van der Waals surface area contributed by atoms with Crippen molar-refractivity contribution in [3.05, 3.63) is 77.4 Å². The van der Waals surface area contributed by atoms with Crippen molar-refractivity contribution < 1.29 is 0 Å². The van der Waals surface area contributed by atoms with E-state index in [9.17, 15) is 0 Å². The fourth-order valence-corrected chi connectivity index (χ4v) is 3.43. The van der Waals surface area contributed by atoms with Crippen LogP contribution in [0.25, 0.3) is 10.8 Å². The van der Waals surface area contributed by atoms with E-state index in [0.717, 1.165) is 24.9 Å². The van der Waals surface area contributed by atoms with Crippen LogP contribution in [0.5, 0.6) is 0 Å². The van der Waals surface area contributed by atoms with Gasteiger partial charge in [-0.15, -0.1) is 0 Å². The fourth-order valence-electron chi connectivity index (χ4n) is 3.43. The van der Waals surface area contributed by atoms with E-state index >= 15 is 0 Å². The van der Waals surface area contributed by atoms with Crippen LogP contribution >= 0.6 is 0 Å². The summed E-state index contributed by atoms with van der Waals surface area (Å²) in [5.74, 6) is 0. The first-order valence-corrected chi connectivity index (χ1v) is 8.03. The predicted molar refractivity (Wildman–Crippen MR) is 94.3 cm³/mol. The number of rotatable bonds is 3. The molecule has 0 N–H and O–H groups in total. The Morgan fingerprint density at radius 1 is 0.909 bits per heavy atom. The van der Waals surface area contributed by atoms with Gasteiger partial charge in [-0.2, -0.15) is 0 Å². The van der Waals surface area contributed by atoms with E-state index < -0.39 is 0 Å². The maximum atomic E-state index is 5.03. The summed E-state index contributed by atoms with van der Waals surface area (Å²) in [7, 11) is 0. The van der Waals surface area contributed by atoms with Crippen molar-refractivity contribution in [1.82, 2.24) is 0 Å². The minimum atomic E-state index is 0.942. The van der Waals surface area contributed by atoms with Gasteiger partial charge in [0.15, 0.2) is 0 Å². The van der Waals surface area contributed by atoms with E-state index in [0.29, 0.717) is 0 Å². The normalized spacial score (nSPS) is 14.9. The molecule has 108 valence electrons. The molecule has 1 aliphatic rings. The van der Waals surface area contributed by atoms with Gasteiger partial charge in [-0.25, -0.2) is 0 Å². The van der Waals surface area contributed by atoms with Crippen LogP contribution in [0.1, 0.15) is 30.0 Å². The lowest BCUT2D eigenvalue weighted by molar-refractivity contribution is 0.921. The van der Waals surface area contributed by atoms with Crippen LogP contribution in [0.2, 0.25) is 0 Å². The van der Waals surface area contributed by atoms with Crippen LogP contribution in [-0.2, 0) is 12.8 Å². The zero-order valence-corrected chi connectivity index (χ0v) is 12.8. The maximum Gasteiger partial charge on any atom is 0.0665 e. The Morgan fingerprint density at radius 2 is 1.73 bits per heavy atom. The molecule has 0 radical (unpaired) electrons. The zero-order valence-electron chi connectivity index (χ0n) is 12.8. The highest BCUT2D eigenvalue weighted by molar-refractivity contribution is 6.18. The standard InChI is InChI=1S/C21H19N/c1-2-7-15-8-3-4-13-19(15)22-20-14-17-11-5-9-16-10-6-12-18(20)21(16)17/h3-6,8-13H,2,7,14H2,1H3. The van der Waals surface area contributed by atoms with Crippen LogP contribution in [0.3, 0.4) is 0 Å². The summed E-state index contributed by atoms with van der Waals surface area (Å²) in [4.78, 5) is 5.03. The monoisotopic (exact) mass is 285 g/mol. The average molecular weight is 285 g/mol. The summed E-state index contributed by atoms with van der Waals surface area (Å²) >= 11 is 0. The van der Waals surface area contributed by atoms with E-state index in [1.54, 1.807) is 0 Å². The van der Waals surface area contributed by atoms with Gasteiger partial charge in [0.2, 0.25) is 0 Å². The second kappa shape index (κ2) is 5.42. The fraction of sp³-hybridized carbons (Fsp3) is 0.190. The minimum absolute atomic E-state index is 0.942. The molecule has 0 unspecified atom stereocenters. The third-order valence-electron chi connectivity index (χ3n) is 4.43. The Labute approximate surface area is 131 Å². The number of hydrogen-bond acceptors (Lipinski definition) is 1. The molecule has 0 aliphatic heterocycles. The number of hydrogen-bond donors (Lipinski definition) is 0. The third kappa shape index (κ3) is 2.14. The average Bonchev–Trinajstić information content (AvgIpc) is 2.90. The van der Waals surface area contributed by atoms with E-state index in [-0.39, 0.29) is 0 Å². The molecule has 0 saturated carbocycles. The van der Waals surface area contributed by atoms with Gasteiger partial charge >= 0.3 is 0 Å². The molecule has 1 aliphatic carbocycles. The largest absolute Gasteiger partial charge is 0.252 e. The molecule has 1 heteroatoms. The van der Waals surface area contributed by atoms with E-state index in [1.807, 2.05) is 0 Å². The first-order valence-electron chi connectivity index (χ1n) is 8.03. The smallest absolute Gasteiger partial charge is 0.0665 e. The summed E-state index contributed by atoms with van der Waals surface area (Å²) < 4.78 is 0. The summed E-state index contributed by atoms with van der Waals surface area (Å²) in [6.45, 7) is 2.22. The molecule has 4 rings (SSSR count). The molecule has 0 heterocycles. The van der Waals surface area contributed by atoms with Crippen molar-refractivity contribution >= 4 is 22.2 Å². The molecule has 3 aromatic rings. The lowest BCUT2D eigenvalue weighted by Crippen LogP contribution is -1.97. The first-order chi connectivity index (χ1) is 10.9. The van der Waals surface area contributed by atoms with Crippen molar-refractivity contribution in [2.24, 2.45) is 4.99 Å². The molecular formula is C21H19N. The van der Waals surface area contributed by atoms with Crippen LogP contribution < -0.4 is 0 Å². The molecule has 22 heavy (non-hydrogen) atoms. The van der Waals surface area contributed by atoms with Crippen LogP contribution in [0.4, 0.5) is 5.69 Å². The molecule has 3 aromatic carbocycles. The van der Waals surface area contributed by atoms with Crippen LogP contribution in [0, 0.1) is 0 Å². The SMILES string of the molecule is CCCc1ccccc1N=C1Cc2cccc3cccc1c23. The zero-order chi connectivity index (χ0) is 14.9. The summed E-state index contributed by atoms with van der Waals surface area (Å²) in [5, 5.41) is 2.71. The number of aliphatic imine (C=N–C) groups is 1. The van der Waals surface area contributed by atoms with E-state index in [1.165, 1.54) is 33.2 Å². The van der Waals surface area contributed by atoms with Gasteiger partial charge in [0.1, 0.15) is 0 Å². The minimum Gasteiger partial charge on any atom is -0.252 e. The molecule has 0 saturated heterocycles. The highest BCUT2D eigenvalue weighted by Crippen LogP contribution is 2.33. The lowest BCUT2D eigenvalue weighted by Gasteiger charge is -2.06. The molecule has 0 aromatic heterocycles. The van der Waals surface area contributed by atoms with Crippen molar-refractivity contribution in [2.45, 2.75) is 26.2 Å². The molecule has 0 atom stereocenters. The molecule has 0 spiro atoms. The Bertz CT molecular complexity index is 869. The highest BCUT2D eigenvalue weighted by atomic mass is 14.8. The van der Waals surface area contributed by atoms with Gasteiger partial charge < -0.3 is 0 Å². The van der Waals surface area contributed by atoms with Gasteiger partial charge in [0.25, 0.3) is 0 Å².